The number of aryl methyl sites for hydroxylation is 3. The summed E-state index contributed by atoms with van der Waals surface area (Å²) in [5.41, 5.74) is 9.85. The maximum atomic E-state index is 7.89. The minimum absolute atomic E-state index is 0.0944. The third-order valence-corrected chi connectivity index (χ3v) is 8.25. The molecule has 5 rings (SSSR count). The second-order valence-corrected chi connectivity index (χ2v) is 10.5. The number of benzene rings is 3. The molecule has 1 heteroatoms. The summed E-state index contributed by atoms with van der Waals surface area (Å²) < 4.78 is 25.6. The van der Waals surface area contributed by atoms with E-state index in [9.17, 15) is 0 Å². The number of rotatable bonds is 1. The first-order valence-corrected chi connectivity index (χ1v) is 11.4. The maximum absolute atomic E-state index is 7.89. The molecule has 1 aliphatic rings. The van der Waals surface area contributed by atoms with Gasteiger partial charge in [-0.05, 0) is 76.3 Å². The van der Waals surface area contributed by atoms with E-state index in [4.69, 9.17) is 4.11 Å². The highest BCUT2D eigenvalue weighted by molar-refractivity contribution is 5.96. The van der Waals surface area contributed by atoms with Gasteiger partial charge >= 0.3 is 0 Å². The maximum Gasteiger partial charge on any atom is 0.212 e. The largest absolute Gasteiger partial charge is 0.212 e. The molecule has 1 aromatic heterocycles. The lowest BCUT2D eigenvalue weighted by atomic mass is 9.54. The van der Waals surface area contributed by atoms with E-state index < -0.39 is 6.85 Å². The lowest BCUT2D eigenvalue weighted by Crippen LogP contribution is -2.44. The highest BCUT2D eigenvalue weighted by Crippen LogP contribution is 2.57. The van der Waals surface area contributed by atoms with Crippen molar-refractivity contribution in [1.82, 2.24) is 0 Å². The minimum atomic E-state index is -2.12. The van der Waals surface area contributed by atoms with Crippen molar-refractivity contribution in [3.63, 3.8) is 0 Å². The van der Waals surface area contributed by atoms with Gasteiger partial charge in [-0.3, -0.25) is 0 Å². The SMILES string of the molecule is [2H]C([2H])([2H])c1c[n+](C)c(-c2ccc3c(c2C)C(C)(C)C(C)(C)c2c-3ccc3ccccc23)cc1C. The lowest BCUT2D eigenvalue weighted by Gasteiger charge is -2.49. The second kappa shape index (κ2) is 6.78. The summed E-state index contributed by atoms with van der Waals surface area (Å²) in [6, 6.07) is 19.8. The fraction of sp³-hybridized carbons (Fsp3) is 0.323. The van der Waals surface area contributed by atoms with Gasteiger partial charge < -0.3 is 0 Å². The molecule has 1 aliphatic carbocycles. The molecule has 32 heavy (non-hydrogen) atoms. The molecule has 0 N–H and O–H groups in total. The molecule has 0 amide bonds. The zero-order valence-corrected chi connectivity index (χ0v) is 20.2. The Labute approximate surface area is 197 Å². The average molecular weight is 424 g/mol. The lowest BCUT2D eigenvalue weighted by molar-refractivity contribution is -0.660. The van der Waals surface area contributed by atoms with E-state index in [0.717, 1.165) is 16.8 Å². The van der Waals surface area contributed by atoms with Crippen LogP contribution < -0.4 is 4.57 Å². The molecule has 0 aliphatic heterocycles. The highest BCUT2D eigenvalue weighted by Gasteiger charge is 2.47. The van der Waals surface area contributed by atoms with Crippen LogP contribution in [0.3, 0.4) is 0 Å². The van der Waals surface area contributed by atoms with Gasteiger partial charge in [0.15, 0.2) is 6.20 Å². The normalized spacial score (nSPS) is 17.8. The summed E-state index contributed by atoms with van der Waals surface area (Å²) >= 11 is 0. The van der Waals surface area contributed by atoms with Crippen molar-refractivity contribution >= 4 is 10.8 Å². The Morgan fingerprint density at radius 1 is 0.750 bits per heavy atom. The van der Waals surface area contributed by atoms with E-state index in [2.05, 4.69) is 83.1 Å². The van der Waals surface area contributed by atoms with Crippen molar-refractivity contribution in [3.8, 4) is 22.4 Å². The fourth-order valence-corrected chi connectivity index (χ4v) is 5.83. The van der Waals surface area contributed by atoms with Gasteiger partial charge in [-0.2, -0.15) is 0 Å². The van der Waals surface area contributed by atoms with Crippen LogP contribution in [0.5, 0.6) is 0 Å². The molecule has 0 atom stereocenters. The Hall–Kier alpha value is -2.93. The minimum Gasteiger partial charge on any atom is -0.201 e. The zero-order valence-electron chi connectivity index (χ0n) is 23.2. The molecule has 1 heterocycles. The Morgan fingerprint density at radius 2 is 1.38 bits per heavy atom. The quantitative estimate of drug-likeness (QED) is 0.279. The zero-order chi connectivity index (χ0) is 25.5. The number of hydrogen-bond acceptors (Lipinski definition) is 0. The molecule has 0 bridgehead atoms. The summed E-state index contributed by atoms with van der Waals surface area (Å²) in [5.74, 6) is 0. The van der Waals surface area contributed by atoms with Crippen LogP contribution in [0.25, 0.3) is 33.2 Å². The van der Waals surface area contributed by atoms with Crippen molar-refractivity contribution < 1.29 is 8.68 Å². The van der Waals surface area contributed by atoms with Gasteiger partial charge in [0, 0.05) is 26.7 Å². The fourth-order valence-electron chi connectivity index (χ4n) is 5.83. The first kappa shape index (κ1) is 17.6. The molecule has 0 saturated heterocycles. The van der Waals surface area contributed by atoms with Crippen molar-refractivity contribution in [2.45, 2.75) is 59.2 Å². The van der Waals surface area contributed by atoms with Crippen LogP contribution in [0.1, 0.15) is 59.6 Å². The van der Waals surface area contributed by atoms with Gasteiger partial charge in [0.1, 0.15) is 7.05 Å². The summed E-state index contributed by atoms with van der Waals surface area (Å²) in [4.78, 5) is 0. The third kappa shape index (κ3) is 2.67. The van der Waals surface area contributed by atoms with Crippen molar-refractivity contribution in [3.05, 3.63) is 88.6 Å². The van der Waals surface area contributed by atoms with E-state index in [-0.39, 0.29) is 10.8 Å². The molecule has 0 fully saturated rings. The smallest absolute Gasteiger partial charge is 0.201 e. The van der Waals surface area contributed by atoms with Crippen LogP contribution in [0.2, 0.25) is 0 Å². The van der Waals surface area contributed by atoms with Gasteiger partial charge in [-0.25, -0.2) is 4.57 Å². The standard InChI is InChI=1S/C31H34N/c1-19-17-27(32(8)18-20(19)2)23-15-16-25-26-14-13-22-11-9-10-12-24(22)29(26)31(6,7)30(4,5)28(25)21(23)3/h9-18H,1-8H3/q+1/i2D3. The van der Waals surface area contributed by atoms with Gasteiger partial charge in [-0.15, -0.1) is 0 Å². The number of fused-ring (bicyclic) bond motifs is 5. The summed E-state index contributed by atoms with van der Waals surface area (Å²) in [6.07, 6.45) is 1.77. The third-order valence-electron chi connectivity index (χ3n) is 8.25. The van der Waals surface area contributed by atoms with Crippen molar-refractivity contribution in [1.29, 1.82) is 0 Å². The Kier molecular flexibility index (Phi) is 3.73. The van der Waals surface area contributed by atoms with Gasteiger partial charge in [0.2, 0.25) is 5.69 Å². The van der Waals surface area contributed by atoms with Crippen LogP contribution in [-0.4, -0.2) is 0 Å². The van der Waals surface area contributed by atoms with Crippen molar-refractivity contribution in [2.24, 2.45) is 7.05 Å². The summed E-state index contributed by atoms with van der Waals surface area (Å²) in [7, 11) is 1.94. The first-order chi connectivity index (χ1) is 16.3. The van der Waals surface area contributed by atoms with Crippen LogP contribution in [0.15, 0.2) is 60.8 Å². The Bertz CT molecular complexity index is 1510. The van der Waals surface area contributed by atoms with E-state index >= 15 is 0 Å². The van der Waals surface area contributed by atoms with Crippen LogP contribution in [0.4, 0.5) is 0 Å². The number of pyridine rings is 1. The topological polar surface area (TPSA) is 3.88 Å². The monoisotopic (exact) mass is 423 g/mol. The number of aromatic nitrogens is 1. The number of hydrogen-bond donors (Lipinski definition) is 0. The predicted octanol–water partition coefficient (Wildman–Crippen LogP) is 7.49. The first-order valence-electron chi connectivity index (χ1n) is 12.9. The molecule has 1 nitrogen and oxygen atoms in total. The summed E-state index contributed by atoms with van der Waals surface area (Å²) in [6.45, 7) is 11.5. The van der Waals surface area contributed by atoms with Crippen LogP contribution in [0, 0.1) is 20.7 Å². The molecule has 0 spiro atoms. The van der Waals surface area contributed by atoms with Gasteiger partial charge in [0.05, 0.1) is 0 Å². The van der Waals surface area contributed by atoms with Crippen molar-refractivity contribution in [2.75, 3.05) is 0 Å². The van der Waals surface area contributed by atoms with E-state index in [1.807, 2.05) is 24.6 Å². The molecule has 162 valence electrons. The highest BCUT2D eigenvalue weighted by atomic mass is 14.9. The van der Waals surface area contributed by atoms with E-state index in [1.54, 1.807) is 6.20 Å². The molecule has 0 unspecified atom stereocenters. The second-order valence-electron chi connectivity index (χ2n) is 10.5. The van der Waals surface area contributed by atoms with Gasteiger partial charge in [-0.1, -0.05) is 70.2 Å². The molecule has 0 saturated carbocycles. The number of nitrogens with zero attached hydrogens (tertiary/aromatic N) is 1. The predicted molar refractivity (Wildman–Crippen MR) is 136 cm³/mol. The summed E-state index contributed by atoms with van der Waals surface area (Å²) in [5, 5.41) is 2.61. The Balaban J connectivity index is 1.81. The average Bonchev–Trinajstić information content (AvgIpc) is 2.77. The molecule has 3 aromatic carbocycles. The molecule has 0 radical (unpaired) electrons. The van der Waals surface area contributed by atoms with E-state index in [1.165, 1.54) is 38.6 Å². The van der Waals surface area contributed by atoms with Gasteiger partial charge in [0.25, 0.3) is 0 Å². The molecular weight excluding hydrogens is 386 g/mol. The van der Waals surface area contributed by atoms with E-state index in [0.29, 0.717) is 5.56 Å². The molecule has 4 aromatic rings. The van der Waals surface area contributed by atoms with Crippen LogP contribution in [-0.2, 0) is 17.9 Å². The van der Waals surface area contributed by atoms with Crippen LogP contribution >= 0.6 is 0 Å². The Morgan fingerprint density at radius 3 is 2.12 bits per heavy atom. The molecular formula is C31H34N+.